The standard InChI is InChI=1S/C11H14N4O2S/c1-8(5-9-3-2-4-17-9)14-10(16)6-18-11-12-7-13-15-11/h2-4,7-8H,5-6H2,1H3,(H,14,16)(H,12,13,15)/t8-/m0/s1. The number of carbonyl (C=O) groups is 1. The third-order valence-electron chi connectivity index (χ3n) is 2.23. The van der Waals surface area contributed by atoms with E-state index in [1.54, 1.807) is 6.26 Å². The topological polar surface area (TPSA) is 83.8 Å². The Balaban J connectivity index is 1.70. The molecular weight excluding hydrogens is 252 g/mol. The maximum Gasteiger partial charge on any atom is 0.230 e. The van der Waals surface area contributed by atoms with E-state index in [0.717, 1.165) is 5.76 Å². The molecule has 6 nitrogen and oxygen atoms in total. The van der Waals surface area contributed by atoms with Gasteiger partial charge in [0.1, 0.15) is 12.1 Å². The molecule has 18 heavy (non-hydrogen) atoms. The van der Waals surface area contributed by atoms with Crippen molar-refractivity contribution in [2.24, 2.45) is 0 Å². The van der Waals surface area contributed by atoms with E-state index in [0.29, 0.717) is 17.3 Å². The fraction of sp³-hybridized carbons (Fsp3) is 0.364. The summed E-state index contributed by atoms with van der Waals surface area (Å²) in [5.41, 5.74) is 0. The number of hydrogen-bond donors (Lipinski definition) is 2. The molecule has 2 rings (SSSR count). The first-order valence-corrected chi connectivity index (χ1v) is 6.52. The Morgan fingerprint density at radius 2 is 2.56 bits per heavy atom. The van der Waals surface area contributed by atoms with Gasteiger partial charge in [0.15, 0.2) is 5.16 Å². The third-order valence-corrected chi connectivity index (χ3v) is 3.10. The van der Waals surface area contributed by atoms with Crippen LogP contribution in [0.25, 0.3) is 0 Å². The van der Waals surface area contributed by atoms with Crippen LogP contribution in [0.5, 0.6) is 0 Å². The lowest BCUT2D eigenvalue weighted by Gasteiger charge is -2.11. The average molecular weight is 266 g/mol. The number of rotatable bonds is 6. The van der Waals surface area contributed by atoms with E-state index in [1.807, 2.05) is 19.1 Å². The van der Waals surface area contributed by atoms with Crippen molar-refractivity contribution in [2.45, 2.75) is 24.5 Å². The Bertz CT molecular complexity index is 469. The molecule has 0 fully saturated rings. The minimum Gasteiger partial charge on any atom is -0.469 e. The highest BCUT2D eigenvalue weighted by molar-refractivity contribution is 7.99. The van der Waals surface area contributed by atoms with E-state index in [-0.39, 0.29) is 11.9 Å². The molecule has 1 atom stereocenters. The van der Waals surface area contributed by atoms with Gasteiger partial charge in [-0.2, -0.15) is 5.10 Å². The molecule has 0 aromatic carbocycles. The molecule has 0 radical (unpaired) electrons. The van der Waals surface area contributed by atoms with Crippen LogP contribution < -0.4 is 5.32 Å². The Hall–Kier alpha value is -1.76. The quantitative estimate of drug-likeness (QED) is 0.768. The lowest BCUT2D eigenvalue weighted by Crippen LogP contribution is -2.35. The van der Waals surface area contributed by atoms with Gasteiger partial charge in [-0.3, -0.25) is 9.89 Å². The number of hydrogen-bond acceptors (Lipinski definition) is 5. The minimum absolute atomic E-state index is 0.0320. The normalized spacial score (nSPS) is 12.3. The molecule has 1 amide bonds. The summed E-state index contributed by atoms with van der Waals surface area (Å²) in [6.07, 6.45) is 3.73. The smallest absolute Gasteiger partial charge is 0.230 e. The van der Waals surface area contributed by atoms with Gasteiger partial charge in [-0.25, -0.2) is 4.98 Å². The van der Waals surface area contributed by atoms with Crippen LogP contribution in [0, 0.1) is 0 Å². The summed E-state index contributed by atoms with van der Waals surface area (Å²) in [6, 6.07) is 3.77. The molecule has 0 saturated carbocycles. The van der Waals surface area contributed by atoms with Crippen LogP contribution in [-0.4, -0.2) is 32.9 Å². The van der Waals surface area contributed by atoms with Gasteiger partial charge < -0.3 is 9.73 Å². The van der Waals surface area contributed by atoms with Gasteiger partial charge in [-0.05, 0) is 19.1 Å². The molecule has 2 aromatic rings. The third kappa shape index (κ3) is 3.92. The number of H-pyrrole nitrogens is 1. The van der Waals surface area contributed by atoms with Gasteiger partial charge in [0, 0.05) is 12.5 Å². The fourth-order valence-corrected chi connectivity index (χ4v) is 2.09. The summed E-state index contributed by atoms with van der Waals surface area (Å²) in [7, 11) is 0. The molecule has 0 aliphatic carbocycles. The molecule has 0 bridgehead atoms. The number of thioether (sulfide) groups is 1. The van der Waals surface area contributed by atoms with Crippen molar-refractivity contribution >= 4 is 17.7 Å². The summed E-state index contributed by atoms with van der Waals surface area (Å²) in [5, 5.41) is 9.94. The zero-order valence-corrected chi connectivity index (χ0v) is 10.7. The zero-order valence-electron chi connectivity index (χ0n) is 9.92. The molecule has 0 aliphatic rings. The van der Waals surface area contributed by atoms with Gasteiger partial charge in [-0.1, -0.05) is 11.8 Å². The number of furan rings is 1. The maximum atomic E-state index is 11.7. The molecule has 7 heteroatoms. The van der Waals surface area contributed by atoms with Crippen molar-refractivity contribution in [3.8, 4) is 0 Å². The summed E-state index contributed by atoms with van der Waals surface area (Å²) < 4.78 is 5.22. The lowest BCUT2D eigenvalue weighted by atomic mass is 10.2. The molecule has 0 aliphatic heterocycles. The predicted molar refractivity (Wildman–Crippen MR) is 67.1 cm³/mol. The van der Waals surface area contributed by atoms with Crippen molar-refractivity contribution in [2.75, 3.05) is 5.75 Å². The Labute approximate surface area is 109 Å². The molecule has 96 valence electrons. The Kier molecular flexibility index (Phi) is 4.40. The molecule has 2 heterocycles. The Morgan fingerprint density at radius 3 is 3.22 bits per heavy atom. The number of amides is 1. The van der Waals surface area contributed by atoms with Crippen molar-refractivity contribution in [1.29, 1.82) is 0 Å². The first kappa shape index (κ1) is 12.7. The van der Waals surface area contributed by atoms with Crippen LogP contribution in [-0.2, 0) is 11.2 Å². The van der Waals surface area contributed by atoms with Crippen molar-refractivity contribution in [1.82, 2.24) is 20.5 Å². The highest BCUT2D eigenvalue weighted by atomic mass is 32.2. The minimum atomic E-state index is -0.0320. The second-order valence-corrected chi connectivity index (χ2v) is 4.80. The molecule has 0 saturated heterocycles. The van der Waals surface area contributed by atoms with Crippen LogP contribution >= 0.6 is 11.8 Å². The number of carbonyl (C=O) groups excluding carboxylic acids is 1. The van der Waals surface area contributed by atoms with E-state index in [1.165, 1.54) is 18.1 Å². The lowest BCUT2D eigenvalue weighted by molar-refractivity contribution is -0.119. The highest BCUT2D eigenvalue weighted by Crippen LogP contribution is 2.10. The fourth-order valence-electron chi connectivity index (χ4n) is 1.50. The number of aromatic nitrogens is 3. The summed E-state index contributed by atoms with van der Waals surface area (Å²) in [5.74, 6) is 1.15. The molecule has 0 unspecified atom stereocenters. The largest absolute Gasteiger partial charge is 0.469 e. The number of aromatic amines is 1. The number of nitrogens with zero attached hydrogens (tertiary/aromatic N) is 2. The highest BCUT2D eigenvalue weighted by Gasteiger charge is 2.10. The molecular formula is C11H14N4O2S. The Morgan fingerprint density at radius 1 is 1.67 bits per heavy atom. The van der Waals surface area contributed by atoms with Gasteiger partial charge in [0.05, 0.1) is 12.0 Å². The maximum absolute atomic E-state index is 11.7. The van der Waals surface area contributed by atoms with E-state index in [9.17, 15) is 4.79 Å². The van der Waals surface area contributed by atoms with E-state index >= 15 is 0 Å². The van der Waals surface area contributed by atoms with E-state index < -0.39 is 0 Å². The van der Waals surface area contributed by atoms with Crippen LogP contribution in [0.1, 0.15) is 12.7 Å². The second-order valence-electron chi connectivity index (χ2n) is 3.83. The van der Waals surface area contributed by atoms with E-state index in [2.05, 4.69) is 20.5 Å². The van der Waals surface area contributed by atoms with Gasteiger partial charge in [0.2, 0.25) is 5.91 Å². The zero-order chi connectivity index (χ0) is 12.8. The molecule has 2 N–H and O–H groups in total. The molecule has 2 aromatic heterocycles. The van der Waals surface area contributed by atoms with Crippen LogP contribution in [0.15, 0.2) is 34.3 Å². The average Bonchev–Trinajstić information content (AvgIpc) is 2.98. The van der Waals surface area contributed by atoms with Crippen molar-refractivity contribution < 1.29 is 9.21 Å². The van der Waals surface area contributed by atoms with Gasteiger partial charge in [0.25, 0.3) is 0 Å². The summed E-state index contributed by atoms with van der Waals surface area (Å²) in [6.45, 7) is 1.94. The molecule has 0 spiro atoms. The monoisotopic (exact) mass is 266 g/mol. The van der Waals surface area contributed by atoms with E-state index in [4.69, 9.17) is 4.42 Å². The predicted octanol–water partition coefficient (Wildman–Crippen LogP) is 1.24. The first-order valence-electron chi connectivity index (χ1n) is 5.54. The van der Waals surface area contributed by atoms with Crippen LogP contribution in [0.3, 0.4) is 0 Å². The second kappa shape index (κ2) is 6.25. The van der Waals surface area contributed by atoms with Crippen molar-refractivity contribution in [3.05, 3.63) is 30.5 Å². The SMILES string of the molecule is C[C@@H](Cc1ccco1)NC(=O)CSc1ncn[nH]1. The van der Waals surface area contributed by atoms with Crippen molar-refractivity contribution in [3.63, 3.8) is 0 Å². The van der Waals surface area contributed by atoms with Crippen LogP contribution in [0.2, 0.25) is 0 Å². The van der Waals surface area contributed by atoms with Gasteiger partial charge >= 0.3 is 0 Å². The van der Waals surface area contributed by atoms with Gasteiger partial charge in [-0.15, -0.1) is 0 Å². The first-order chi connectivity index (χ1) is 8.74. The summed E-state index contributed by atoms with van der Waals surface area (Å²) >= 11 is 1.32. The van der Waals surface area contributed by atoms with Crippen LogP contribution in [0.4, 0.5) is 0 Å². The number of nitrogens with one attached hydrogen (secondary N) is 2. The summed E-state index contributed by atoms with van der Waals surface area (Å²) in [4.78, 5) is 15.6.